The van der Waals surface area contributed by atoms with Crippen molar-refractivity contribution >= 4 is 74.2 Å². The van der Waals surface area contributed by atoms with E-state index in [-0.39, 0.29) is 0 Å². The van der Waals surface area contributed by atoms with Gasteiger partial charge in [-0.05, 0) is 129 Å². The molecule has 0 spiro atoms. The second kappa shape index (κ2) is 14.7. The summed E-state index contributed by atoms with van der Waals surface area (Å²) in [6, 6.07) is 46.7. The summed E-state index contributed by atoms with van der Waals surface area (Å²) < 4.78 is 2.14. The number of hydrogen-bond acceptors (Lipinski definition) is 1. The Morgan fingerprint density at radius 2 is 1.12 bits per heavy atom. The summed E-state index contributed by atoms with van der Waals surface area (Å²) in [6.07, 6.45) is 3.58. The number of anilines is 3. The zero-order valence-corrected chi connectivity index (χ0v) is 34.7. The lowest BCUT2D eigenvalue weighted by Gasteiger charge is -2.41. The van der Waals surface area contributed by atoms with Crippen LogP contribution in [0.4, 0.5) is 17.1 Å². The molecule has 1 fully saturated rings. The summed E-state index contributed by atoms with van der Waals surface area (Å²) in [5.74, 6) is 0.441. The molecule has 2 aliphatic carbocycles. The molecule has 0 N–H and O–H groups in total. The minimum absolute atomic E-state index is 0.441. The van der Waals surface area contributed by atoms with E-state index in [0.717, 1.165) is 32.4 Å². The van der Waals surface area contributed by atoms with Gasteiger partial charge in [-0.1, -0.05) is 151 Å². The molecular weight excluding hydrogens is 766 g/mol. The normalized spacial score (nSPS) is 17.3. The van der Waals surface area contributed by atoms with Crippen molar-refractivity contribution in [3.63, 3.8) is 0 Å². The summed E-state index contributed by atoms with van der Waals surface area (Å²) in [7, 11) is -1.89. The van der Waals surface area contributed by atoms with Crippen LogP contribution in [0.15, 0.2) is 153 Å². The molecule has 0 heterocycles. The van der Waals surface area contributed by atoms with E-state index in [9.17, 15) is 0 Å². The highest BCUT2D eigenvalue weighted by Gasteiger charge is 2.43. The van der Waals surface area contributed by atoms with Gasteiger partial charge in [-0.2, -0.15) is 0 Å². The van der Waals surface area contributed by atoms with Crippen LogP contribution in [0, 0.1) is 0 Å². The van der Waals surface area contributed by atoms with Crippen molar-refractivity contribution in [2.75, 3.05) is 4.90 Å². The molecule has 1 nitrogen and oxygen atoms in total. The van der Waals surface area contributed by atoms with Gasteiger partial charge in [0.1, 0.15) is 0 Å². The van der Waals surface area contributed by atoms with Crippen molar-refractivity contribution in [3.05, 3.63) is 175 Å². The largest absolute Gasteiger partial charge is 0.311 e. The summed E-state index contributed by atoms with van der Waals surface area (Å²) in [5, 5.41) is 0. The Labute approximate surface area is 323 Å². The van der Waals surface area contributed by atoms with Crippen molar-refractivity contribution in [1.82, 2.24) is 0 Å². The van der Waals surface area contributed by atoms with Gasteiger partial charge in [0.2, 0.25) is 0 Å². The van der Waals surface area contributed by atoms with Crippen LogP contribution in [0.1, 0.15) is 76.1 Å². The number of fused-ring (bicyclic) bond motifs is 1. The smallest absolute Gasteiger partial charge is 0.0861 e. The quantitative estimate of drug-likeness (QED) is 0.127. The maximum Gasteiger partial charge on any atom is 0.0861 e. The molecule has 7 rings (SSSR count). The first-order valence-electron chi connectivity index (χ1n) is 18.3. The third kappa shape index (κ3) is 6.95. The Morgan fingerprint density at radius 1 is 0.627 bits per heavy atom. The van der Waals surface area contributed by atoms with Crippen molar-refractivity contribution in [3.8, 4) is 0 Å². The van der Waals surface area contributed by atoms with Gasteiger partial charge < -0.3 is 4.90 Å². The molecule has 1 atom stereocenters. The lowest BCUT2D eigenvalue weighted by atomic mass is 9.91. The molecule has 51 heavy (non-hydrogen) atoms. The van der Waals surface area contributed by atoms with Gasteiger partial charge >= 0.3 is 0 Å². The Bertz CT molecular complexity index is 2040. The summed E-state index contributed by atoms with van der Waals surface area (Å²) in [6.45, 7) is 14.8. The van der Waals surface area contributed by atoms with Crippen LogP contribution in [0.5, 0.6) is 0 Å². The van der Waals surface area contributed by atoms with Gasteiger partial charge in [0.15, 0.2) is 0 Å². The topological polar surface area (TPSA) is 3.24 Å². The maximum absolute atomic E-state index is 3.64. The molecule has 0 radical (unpaired) electrons. The van der Waals surface area contributed by atoms with Crippen LogP contribution in [0.2, 0.25) is 16.6 Å². The summed E-state index contributed by atoms with van der Waals surface area (Å²) in [5.41, 5.74) is 19.3. The number of nitrogens with zero attached hydrogens (tertiary/aromatic N) is 1. The predicted molar refractivity (Wildman–Crippen MR) is 231 cm³/mol. The molecule has 0 aromatic heterocycles. The van der Waals surface area contributed by atoms with Crippen molar-refractivity contribution < 1.29 is 0 Å². The van der Waals surface area contributed by atoms with E-state index < -0.39 is 8.07 Å². The molecule has 0 saturated heterocycles. The molecule has 5 aromatic carbocycles. The molecule has 258 valence electrons. The van der Waals surface area contributed by atoms with Gasteiger partial charge in [0.25, 0.3) is 0 Å². The van der Waals surface area contributed by atoms with Crippen LogP contribution in [0.25, 0.3) is 17.2 Å². The van der Waals surface area contributed by atoms with Crippen LogP contribution >= 0.6 is 31.9 Å². The fourth-order valence-corrected chi connectivity index (χ4v) is 15.1. The van der Waals surface area contributed by atoms with E-state index in [1.54, 1.807) is 5.57 Å². The van der Waals surface area contributed by atoms with E-state index in [1.807, 2.05) is 0 Å². The molecular formula is C47H47Br2NSi. The molecule has 4 heteroatoms. The van der Waals surface area contributed by atoms with Gasteiger partial charge in [0, 0.05) is 31.9 Å². The molecule has 1 saturated carbocycles. The second-order valence-corrected chi connectivity index (χ2v) is 22.7. The third-order valence-electron chi connectivity index (χ3n) is 11.3. The Hall–Kier alpha value is -3.70. The molecule has 0 aliphatic heterocycles. The molecule has 0 amide bonds. The Balaban J connectivity index is 1.40. The molecule has 5 aromatic rings. The van der Waals surface area contributed by atoms with E-state index in [1.165, 1.54) is 39.0 Å². The number of rotatable bonds is 10. The van der Waals surface area contributed by atoms with Gasteiger partial charge in [0.05, 0.1) is 8.07 Å². The Kier molecular flexibility index (Phi) is 10.3. The van der Waals surface area contributed by atoms with Gasteiger partial charge in [-0.15, -0.1) is 0 Å². The van der Waals surface area contributed by atoms with Crippen molar-refractivity contribution in [2.45, 2.75) is 70.5 Å². The van der Waals surface area contributed by atoms with E-state index in [0.29, 0.717) is 22.5 Å². The first kappa shape index (κ1) is 35.7. The first-order valence-corrected chi connectivity index (χ1v) is 22.2. The minimum Gasteiger partial charge on any atom is -0.311 e. The highest BCUT2D eigenvalue weighted by molar-refractivity contribution is 9.10. The Morgan fingerprint density at radius 3 is 1.65 bits per heavy atom. The van der Waals surface area contributed by atoms with E-state index in [2.05, 4.69) is 217 Å². The average Bonchev–Trinajstić information content (AvgIpc) is 3.83. The molecule has 1 unspecified atom stereocenters. The summed E-state index contributed by atoms with van der Waals surface area (Å²) >= 11 is 7.27. The number of benzene rings is 5. The monoisotopic (exact) mass is 811 g/mol. The van der Waals surface area contributed by atoms with Crippen LogP contribution in [-0.2, 0) is 0 Å². The summed E-state index contributed by atoms with van der Waals surface area (Å²) in [4.78, 5) is 2.34. The lowest BCUT2D eigenvalue weighted by molar-refractivity contribution is 0.833. The first-order chi connectivity index (χ1) is 24.6. The number of halogens is 2. The standard InChI is InChI=1S/C47H47Br2NSi/c1-31(2)51(32(3)4,33(5)6)30-46-42-15-11-10-14-36(42)28-44(46)47(45-29-43(45)34-12-8-7-9-13-34)35-16-22-39(23-17-35)50(40-24-18-37(48)19-25-40)41-26-20-38(49)21-27-41/h7-28,30-33,43H,29H2,1-6H3/b46-30+,47-45+. The maximum atomic E-state index is 3.64. The zero-order valence-electron chi connectivity index (χ0n) is 30.5. The van der Waals surface area contributed by atoms with Crippen molar-refractivity contribution in [1.29, 1.82) is 0 Å². The van der Waals surface area contributed by atoms with Crippen molar-refractivity contribution in [2.24, 2.45) is 0 Å². The van der Waals surface area contributed by atoms with E-state index in [4.69, 9.17) is 0 Å². The molecule has 0 bridgehead atoms. The highest BCUT2D eigenvalue weighted by Crippen LogP contribution is 2.57. The zero-order chi connectivity index (χ0) is 35.9. The third-order valence-corrected chi connectivity index (χ3v) is 19.1. The van der Waals surface area contributed by atoms with Crippen LogP contribution in [0.3, 0.4) is 0 Å². The second-order valence-electron chi connectivity index (χ2n) is 15.1. The van der Waals surface area contributed by atoms with Crippen LogP contribution in [-0.4, -0.2) is 8.07 Å². The predicted octanol–water partition coefficient (Wildman–Crippen LogP) is 15.3. The van der Waals surface area contributed by atoms with Gasteiger partial charge in [-0.25, -0.2) is 0 Å². The fraction of sp³-hybridized carbons (Fsp3) is 0.234. The molecule has 2 aliphatic rings. The minimum atomic E-state index is -1.89. The van der Waals surface area contributed by atoms with Crippen LogP contribution < -0.4 is 4.90 Å². The number of hydrogen-bond donors (Lipinski definition) is 0. The van der Waals surface area contributed by atoms with E-state index >= 15 is 0 Å². The number of allylic oxidation sites excluding steroid dienone is 4. The SMILES string of the molecule is CC(C)[Si](/C=C1/C(/C(=C2\CC2c2ccccc2)c2ccc(N(c3ccc(Br)cc3)c3ccc(Br)cc3)cc2)=Cc2ccccc21)(C(C)C)C(C)C. The van der Waals surface area contributed by atoms with Gasteiger partial charge in [-0.3, -0.25) is 0 Å². The average molecular weight is 814 g/mol. The lowest BCUT2D eigenvalue weighted by Crippen LogP contribution is -2.43. The highest BCUT2D eigenvalue weighted by atomic mass is 79.9. The fourth-order valence-electron chi connectivity index (χ4n) is 8.72.